The van der Waals surface area contributed by atoms with E-state index < -0.39 is 0 Å². The lowest BCUT2D eigenvalue weighted by Crippen LogP contribution is -2.27. The van der Waals surface area contributed by atoms with Crippen LogP contribution in [0.15, 0.2) is 0 Å². The Kier molecular flexibility index (Phi) is 7.64. The third-order valence-corrected chi connectivity index (χ3v) is 7.37. The van der Waals surface area contributed by atoms with Crippen molar-refractivity contribution < 1.29 is 14.6 Å². The lowest BCUT2D eigenvalue weighted by molar-refractivity contribution is -0.146. The third kappa shape index (κ3) is 5.98. The van der Waals surface area contributed by atoms with E-state index in [0.29, 0.717) is 37.4 Å². The van der Waals surface area contributed by atoms with Gasteiger partial charge in [0.25, 0.3) is 0 Å². The number of hydrogen-bond donors (Lipinski definition) is 1. The molecule has 3 fully saturated rings. The van der Waals surface area contributed by atoms with Gasteiger partial charge in [0.2, 0.25) is 0 Å². The van der Waals surface area contributed by atoms with E-state index in [0.717, 1.165) is 11.8 Å². The quantitative estimate of drug-likeness (QED) is 0.678. The van der Waals surface area contributed by atoms with E-state index >= 15 is 0 Å². The minimum absolute atomic E-state index is 0.0532. The van der Waals surface area contributed by atoms with Crippen molar-refractivity contribution in [2.45, 2.75) is 89.9 Å². The van der Waals surface area contributed by atoms with Gasteiger partial charge in [-0.25, -0.2) is 0 Å². The molecule has 0 unspecified atom stereocenters. The van der Waals surface area contributed by atoms with Gasteiger partial charge in [-0.05, 0) is 93.8 Å². The van der Waals surface area contributed by atoms with Gasteiger partial charge in [-0.15, -0.1) is 0 Å². The number of aliphatic hydroxyl groups is 1. The van der Waals surface area contributed by atoms with E-state index in [1.807, 2.05) is 0 Å². The van der Waals surface area contributed by atoms with Crippen molar-refractivity contribution in [2.75, 3.05) is 13.2 Å². The van der Waals surface area contributed by atoms with Gasteiger partial charge >= 0.3 is 5.97 Å². The van der Waals surface area contributed by atoms with Crippen molar-refractivity contribution >= 4 is 5.97 Å². The maximum absolute atomic E-state index is 12.2. The zero-order valence-corrected chi connectivity index (χ0v) is 16.0. The Hall–Kier alpha value is -0.570. The Labute approximate surface area is 153 Å². The molecular formula is C22H38O3. The summed E-state index contributed by atoms with van der Waals surface area (Å²) in [6.07, 6.45) is 17.2. The molecule has 1 N–H and O–H groups in total. The highest BCUT2D eigenvalue weighted by atomic mass is 16.5. The second-order valence-corrected chi connectivity index (χ2v) is 9.14. The molecule has 0 atom stereocenters. The normalized spacial score (nSPS) is 34.6. The van der Waals surface area contributed by atoms with Gasteiger partial charge in [-0.2, -0.15) is 0 Å². The first kappa shape index (κ1) is 19.2. The molecule has 3 aliphatic rings. The molecule has 3 aliphatic carbocycles. The number of aliphatic hydroxyl groups excluding tert-OH is 1. The van der Waals surface area contributed by atoms with E-state index in [1.54, 1.807) is 0 Å². The van der Waals surface area contributed by atoms with Gasteiger partial charge in [0.15, 0.2) is 0 Å². The van der Waals surface area contributed by atoms with Crippen LogP contribution in [0.25, 0.3) is 0 Å². The topological polar surface area (TPSA) is 46.5 Å². The molecule has 0 aromatic carbocycles. The Balaban J connectivity index is 1.30. The molecule has 0 radical (unpaired) electrons. The number of esters is 1. The van der Waals surface area contributed by atoms with Crippen LogP contribution < -0.4 is 0 Å². The molecule has 0 heterocycles. The molecule has 0 bridgehead atoms. The van der Waals surface area contributed by atoms with Gasteiger partial charge in [0.05, 0.1) is 6.61 Å². The van der Waals surface area contributed by atoms with Crippen LogP contribution in [0.1, 0.15) is 89.9 Å². The average Bonchev–Trinajstić information content (AvgIpc) is 2.68. The molecule has 0 spiro atoms. The molecule has 0 amide bonds. The fraction of sp³-hybridized carbons (Fsp3) is 0.955. The fourth-order valence-corrected chi connectivity index (χ4v) is 5.57. The molecule has 25 heavy (non-hydrogen) atoms. The summed E-state index contributed by atoms with van der Waals surface area (Å²) in [6, 6.07) is 0. The molecule has 144 valence electrons. The highest BCUT2D eigenvalue weighted by molar-refractivity contribution is 5.69. The lowest BCUT2D eigenvalue weighted by atomic mass is 9.69. The molecule has 0 aromatic rings. The Bertz CT molecular complexity index is 386. The van der Waals surface area contributed by atoms with E-state index in [-0.39, 0.29) is 5.97 Å². The molecule has 3 nitrogen and oxygen atoms in total. The van der Waals surface area contributed by atoms with Gasteiger partial charge in [-0.3, -0.25) is 4.79 Å². The van der Waals surface area contributed by atoms with E-state index in [4.69, 9.17) is 4.74 Å². The average molecular weight is 351 g/mol. The van der Waals surface area contributed by atoms with Crippen LogP contribution in [-0.2, 0) is 9.53 Å². The Morgan fingerprint density at radius 3 is 1.84 bits per heavy atom. The van der Waals surface area contributed by atoms with Gasteiger partial charge in [0.1, 0.15) is 0 Å². The first-order valence-electron chi connectivity index (χ1n) is 11.0. The zero-order valence-electron chi connectivity index (χ0n) is 16.0. The summed E-state index contributed by atoms with van der Waals surface area (Å²) in [7, 11) is 0. The molecule has 3 saturated carbocycles. The monoisotopic (exact) mass is 350 g/mol. The SMILES string of the molecule is O=C(CC1CCC(C2CCC(CO)CC2)CC1)OCC1CCCCC1. The summed E-state index contributed by atoms with van der Waals surface area (Å²) >= 11 is 0. The van der Waals surface area contributed by atoms with Crippen LogP contribution in [0.4, 0.5) is 0 Å². The molecule has 3 rings (SSSR count). The lowest BCUT2D eigenvalue weighted by Gasteiger charge is -2.37. The molecule has 3 heteroatoms. The molecule has 0 aliphatic heterocycles. The van der Waals surface area contributed by atoms with Gasteiger partial charge in [0, 0.05) is 13.0 Å². The van der Waals surface area contributed by atoms with Crippen LogP contribution >= 0.6 is 0 Å². The fourth-order valence-electron chi connectivity index (χ4n) is 5.57. The number of carbonyl (C=O) groups excluding carboxylic acids is 1. The second-order valence-electron chi connectivity index (χ2n) is 9.14. The summed E-state index contributed by atoms with van der Waals surface area (Å²) in [5.41, 5.74) is 0. The Morgan fingerprint density at radius 1 is 0.720 bits per heavy atom. The highest BCUT2D eigenvalue weighted by Crippen LogP contribution is 2.42. The summed E-state index contributed by atoms with van der Waals surface area (Å²) < 4.78 is 5.59. The smallest absolute Gasteiger partial charge is 0.306 e. The van der Waals surface area contributed by atoms with Crippen molar-refractivity contribution in [1.82, 2.24) is 0 Å². The maximum atomic E-state index is 12.2. The first-order valence-corrected chi connectivity index (χ1v) is 11.0. The number of carbonyl (C=O) groups is 1. The van der Waals surface area contributed by atoms with Gasteiger partial charge in [-0.1, -0.05) is 19.3 Å². The Morgan fingerprint density at radius 2 is 1.28 bits per heavy atom. The van der Waals surface area contributed by atoms with Crippen molar-refractivity contribution in [1.29, 1.82) is 0 Å². The summed E-state index contributed by atoms with van der Waals surface area (Å²) in [5, 5.41) is 9.29. The number of hydrogen-bond acceptors (Lipinski definition) is 3. The van der Waals surface area contributed by atoms with Crippen LogP contribution in [0.5, 0.6) is 0 Å². The van der Waals surface area contributed by atoms with Crippen molar-refractivity contribution in [3.63, 3.8) is 0 Å². The standard InChI is InChI=1S/C22H38O3/c23-15-18-8-12-21(13-9-18)20-10-6-17(7-11-20)14-22(24)25-16-19-4-2-1-3-5-19/h17-21,23H,1-16H2. The van der Waals surface area contributed by atoms with Crippen molar-refractivity contribution in [3.05, 3.63) is 0 Å². The zero-order chi connectivity index (χ0) is 17.5. The molecule has 0 saturated heterocycles. The molecule has 0 aromatic heterocycles. The number of ether oxygens (including phenoxy) is 1. The van der Waals surface area contributed by atoms with E-state index in [1.165, 1.54) is 83.5 Å². The van der Waals surface area contributed by atoms with E-state index in [2.05, 4.69) is 0 Å². The number of rotatable bonds is 6. The highest BCUT2D eigenvalue weighted by Gasteiger charge is 2.31. The summed E-state index contributed by atoms with van der Waals surface area (Å²) in [5.74, 6) is 3.55. The van der Waals surface area contributed by atoms with Crippen molar-refractivity contribution in [2.24, 2.45) is 29.6 Å². The van der Waals surface area contributed by atoms with Crippen LogP contribution in [-0.4, -0.2) is 24.3 Å². The maximum Gasteiger partial charge on any atom is 0.306 e. The predicted octanol–water partition coefficient (Wildman–Crippen LogP) is 5.11. The predicted molar refractivity (Wildman–Crippen MR) is 100 cm³/mol. The minimum Gasteiger partial charge on any atom is -0.465 e. The van der Waals surface area contributed by atoms with Crippen molar-refractivity contribution in [3.8, 4) is 0 Å². The van der Waals surface area contributed by atoms with E-state index in [9.17, 15) is 9.90 Å². The summed E-state index contributed by atoms with van der Waals surface area (Å²) in [4.78, 5) is 12.2. The first-order chi connectivity index (χ1) is 12.2. The van der Waals surface area contributed by atoms with Crippen LogP contribution in [0.2, 0.25) is 0 Å². The largest absolute Gasteiger partial charge is 0.465 e. The van der Waals surface area contributed by atoms with Crippen LogP contribution in [0.3, 0.4) is 0 Å². The van der Waals surface area contributed by atoms with Crippen LogP contribution in [0, 0.1) is 29.6 Å². The minimum atomic E-state index is 0.0532. The molecular weight excluding hydrogens is 312 g/mol. The summed E-state index contributed by atoms with van der Waals surface area (Å²) in [6.45, 7) is 1.05. The third-order valence-electron chi connectivity index (χ3n) is 7.37. The van der Waals surface area contributed by atoms with Gasteiger partial charge < -0.3 is 9.84 Å². The second kappa shape index (κ2) is 9.94.